The zero-order chi connectivity index (χ0) is 22.6. The Morgan fingerprint density at radius 1 is 1.06 bits per heavy atom. The van der Waals surface area contributed by atoms with Gasteiger partial charge in [-0.3, -0.25) is 9.89 Å². The van der Waals surface area contributed by atoms with E-state index in [2.05, 4.69) is 70.9 Å². The average molecular weight is 567 g/mol. The second-order valence-electron chi connectivity index (χ2n) is 8.22. The number of likely N-dealkylation sites (N-methyl/N-ethyl adjacent to an activating group) is 1. The molecule has 1 fully saturated rings. The van der Waals surface area contributed by atoms with E-state index in [1.807, 2.05) is 12.1 Å². The van der Waals surface area contributed by atoms with Crippen LogP contribution in [0.2, 0.25) is 0 Å². The standard InChI is InChI=1S/C26H38N4O2.HI/c1-4-22-9-5-6-10-23(22)20-29-26(27-2)28-19-21-8-7-11-25(18-21)32-17-14-30(3)24-12-15-31-16-13-24;/h5-11,18,24H,4,12-17,19-20H2,1-3H3,(H2,27,28,29);1H. The molecule has 2 aromatic carbocycles. The summed E-state index contributed by atoms with van der Waals surface area (Å²) in [5, 5.41) is 6.82. The molecule has 0 amide bonds. The first-order chi connectivity index (χ1) is 15.7. The molecule has 3 rings (SSSR count). The van der Waals surface area contributed by atoms with Gasteiger partial charge in [-0.2, -0.15) is 0 Å². The van der Waals surface area contributed by atoms with Crippen LogP contribution in [0.1, 0.15) is 36.5 Å². The molecule has 2 N–H and O–H groups in total. The largest absolute Gasteiger partial charge is 0.492 e. The summed E-state index contributed by atoms with van der Waals surface area (Å²) in [5.41, 5.74) is 3.83. The number of halogens is 1. The number of aliphatic imine (C=N–C) groups is 1. The molecule has 0 saturated carbocycles. The van der Waals surface area contributed by atoms with Gasteiger partial charge < -0.3 is 20.1 Å². The van der Waals surface area contributed by atoms with Crippen LogP contribution in [0.5, 0.6) is 5.75 Å². The maximum atomic E-state index is 6.03. The highest BCUT2D eigenvalue weighted by Crippen LogP contribution is 2.15. The third kappa shape index (κ3) is 9.14. The summed E-state index contributed by atoms with van der Waals surface area (Å²) < 4.78 is 11.5. The van der Waals surface area contributed by atoms with E-state index in [1.54, 1.807) is 7.05 Å². The van der Waals surface area contributed by atoms with Crippen molar-refractivity contribution in [2.75, 3.05) is 40.5 Å². The molecule has 7 heteroatoms. The molecule has 1 heterocycles. The maximum Gasteiger partial charge on any atom is 0.191 e. The summed E-state index contributed by atoms with van der Waals surface area (Å²) >= 11 is 0. The molecular formula is C26H39IN4O2. The summed E-state index contributed by atoms with van der Waals surface area (Å²) in [6, 6.07) is 17.4. The van der Waals surface area contributed by atoms with Gasteiger partial charge in [0.15, 0.2) is 5.96 Å². The molecule has 0 atom stereocenters. The van der Waals surface area contributed by atoms with Crippen LogP contribution < -0.4 is 15.4 Å². The molecule has 0 aromatic heterocycles. The Morgan fingerprint density at radius 3 is 2.52 bits per heavy atom. The predicted octanol–water partition coefficient (Wildman–Crippen LogP) is 4.22. The second-order valence-corrected chi connectivity index (χ2v) is 8.22. The van der Waals surface area contributed by atoms with Crippen molar-refractivity contribution in [3.05, 3.63) is 65.2 Å². The minimum Gasteiger partial charge on any atom is -0.492 e. The number of rotatable bonds is 10. The Morgan fingerprint density at radius 2 is 1.79 bits per heavy atom. The third-order valence-corrected chi connectivity index (χ3v) is 6.05. The zero-order valence-electron chi connectivity index (χ0n) is 20.2. The highest BCUT2D eigenvalue weighted by Gasteiger charge is 2.17. The second kappa shape index (κ2) is 15.1. The van der Waals surface area contributed by atoms with Crippen LogP contribution in [0.15, 0.2) is 53.5 Å². The number of hydrogen-bond acceptors (Lipinski definition) is 4. The monoisotopic (exact) mass is 566 g/mol. The first-order valence-electron chi connectivity index (χ1n) is 11.7. The average Bonchev–Trinajstić information content (AvgIpc) is 2.85. The molecular weight excluding hydrogens is 527 g/mol. The normalized spacial score (nSPS) is 14.6. The predicted molar refractivity (Wildman–Crippen MR) is 147 cm³/mol. The van der Waals surface area contributed by atoms with Crippen molar-refractivity contribution in [3.63, 3.8) is 0 Å². The van der Waals surface area contributed by atoms with Crippen molar-refractivity contribution in [3.8, 4) is 5.75 Å². The van der Waals surface area contributed by atoms with Gasteiger partial charge in [-0.1, -0.05) is 43.3 Å². The molecule has 0 radical (unpaired) electrons. The van der Waals surface area contributed by atoms with Crippen molar-refractivity contribution in [2.24, 2.45) is 4.99 Å². The molecule has 1 aliphatic rings. The lowest BCUT2D eigenvalue weighted by atomic mass is 10.1. The van der Waals surface area contributed by atoms with E-state index in [0.717, 1.165) is 62.8 Å². The molecule has 6 nitrogen and oxygen atoms in total. The third-order valence-electron chi connectivity index (χ3n) is 6.05. The van der Waals surface area contributed by atoms with E-state index in [9.17, 15) is 0 Å². The summed E-state index contributed by atoms with van der Waals surface area (Å²) in [7, 11) is 3.98. The Labute approximate surface area is 216 Å². The van der Waals surface area contributed by atoms with Gasteiger partial charge in [-0.25, -0.2) is 0 Å². The number of hydrogen-bond donors (Lipinski definition) is 2. The smallest absolute Gasteiger partial charge is 0.191 e. The van der Waals surface area contributed by atoms with Crippen molar-refractivity contribution >= 4 is 29.9 Å². The van der Waals surface area contributed by atoms with Gasteiger partial charge in [0, 0.05) is 45.9 Å². The summed E-state index contributed by atoms with van der Waals surface area (Å²) in [5.74, 6) is 1.70. The fourth-order valence-corrected chi connectivity index (χ4v) is 4.02. The van der Waals surface area contributed by atoms with Gasteiger partial charge >= 0.3 is 0 Å². The molecule has 2 aromatic rings. The molecule has 0 unspecified atom stereocenters. The van der Waals surface area contributed by atoms with Gasteiger partial charge in [-0.15, -0.1) is 24.0 Å². The van der Waals surface area contributed by atoms with Crippen LogP contribution in [-0.2, 0) is 24.2 Å². The summed E-state index contributed by atoms with van der Waals surface area (Å²) in [6.07, 6.45) is 3.25. The van der Waals surface area contributed by atoms with Gasteiger partial charge in [0.05, 0.1) is 0 Å². The number of guanidine groups is 1. The van der Waals surface area contributed by atoms with Crippen molar-refractivity contribution in [1.29, 1.82) is 0 Å². The van der Waals surface area contributed by atoms with Gasteiger partial charge in [0.2, 0.25) is 0 Å². The minimum absolute atomic E-state index is 0. The van der Waals surface area contributed by atoms with Crippen molar-refractivity contribution in [1.82, 2.24) is 15.5 Å². The molecule has 1 aliphatic heterocycles. The lowest BCUT2D eigenvalue weighted by Crippen LogP contribution is -2.38. The molecule has 0 bridgehead atoms. The molecule has 182 valence electrons. The number of benzene rings is 2. The van der Waals surface area contributed by atoms with E-state index in [0.29, 0.717) is 19.2 Å². The Balaban J connectivity index is 0.00000385. The fourth-order valence-electron chi connectivity index (χ4n) is 4.02. The van der Waals surface area contributed by atoms with Crippen LogP contribution in [0, 0.1) is 0 Å². The quantitative estimate of drug-likeness (QED) is 0.256. The van der Waals surface area contributed by atoms with E-state index >= 15 is 0 Å². The highest BCUT2D eigenvalue weighted by atomic mass is 127. The topological polar surface area (TPSA) is 58.1 Å². The summed E-state index contributed by atoms with van der Waals surface area (Å²) in [4.78, 5) is 6.75. The lowest BCUT2D eigenvalue weighted by Gasteiger charge is -2.31. The fraction of sp³-hybridized carbons (Fsp3) is 0.500. The summed E-state index contributed by atoms with van der Waals surface area (Å²) in [6.45, 7) is 6.97. The number of ether oxygens (including phenoxy) is 2. The molecule has 0 spiro atoms. The van der Waals surface area contributed by atoms with Crippen LogP contribution in [0.3, 0.4) is 0 Å². The lowest BCUT2D eigenvalue weighted by molar-refractivity contribution is 0.0392. The van der Waals surface area contributed by atoms with E-state index in [4.69, 9.17) is 9.47 Å². The zero-order valence-corrected chi connectivity index (χ0v) is 22.5. The van der Waals surface area contributed by atoms with Crippen LogP contribution >= 0.6 is 24.0 Å². The maximum absolute atomic E-state index is 6.03. The molecule has 0 aliphatic carbocycles. The first kappa shape index (κ1) is 27.4. The molecule has 33 heavy (non-hydrogen) atoms. The number of nitrogens with zero attached hydrogens (tertiary/aromatic N) is 2. The minimum atomic E-state index is 0. The van der Waals surface area contributed by atoms with Crippen LogP contribution in [-0.4, -0.2) is 57.4 Å². The first-order valence-corrected chi connectivity index (χ1v) is 11.7. The number of nitrogens with one attached hydrogen (secondary N) is 2. The number of aryl methyl sites for hydroxylation is 1. The molecule has 1 saturated heterocycles. The van der Waals surface area contributed by atoms with Gasteiger partial charge in [0.1, 0.15) is 12.4 Å². The van der Waals surface area contributed by atoms with Crippen LogP contribution in [0.25, 0.3) is 0 Å². The Bertz CT molecular complexity index is 856. The van der Waals surface area contributed by atoms with Crippen molar-refractivity contribution in [2.45, 2.75) is 45.3 Å². The van der Waals surface area contributed by atoms with Crippen LogP contribution in [0.4, 0.5) is 0 Å². The van der Waals surface area contributed by atoms with Crippen molar-refractivity contribution < 1.29 is 9.47 Å². The van der Waals surface area contributed by atoms with E-state index in [1.165, 1.54) is 11.1 Å². The Kier molecular flexibility index (Phi) is 12.6. The van der Waals surface area contributed by atoms with E-state index in [-0.39, 0.29) is 24.0 Å². The van der Waals surface area contributed by atoms with Gasteiger partial charge in [-0.05, 0) is 55.1 Å². The van der Waals surface area contributed by atoms with Gasteiger partial charge in [0.25, 0.3) is 0 Å². The van der Waals surface area contributed by atoms with E-state index < -0.39 is 0 Å². The SMILES string of the molecule is CCc1ccccc1CNC(=NC)NCc1cccc(OCCN(C)C2CCOCC2)c1.I. The Hall–Kier alpha value is -1.84. The highest BCUT2D eigenvalue weighted by molar-refractivity contribution is 14.0.